The highest BCUT2D eigenvalue weighted by atomic mass is 16.5. The predicted octanol–water partition coefficient (Wildman–Crippen LogP) is 2.23. The van der Waals surface area contributed by atoms with Crippen LogP contribution in [0.1, 0.15) is 37.6 Å². The van der Waals surface area contributed by atoms with Crippen LogP contribution in [0.25, 0.3) is 0 Å². The van der Waals surface area contributed by atoms with Gasteiger partial charge in [0.2, 0.25) is 0 Å². The number of rotatable bonds is 6. The third-order valence-electron chi connectivity index (χ3n) is 3.41. The van der Waals surface area contributed by atoms with E-state index < -0.39 is 0 Å². The van der Waals surface area contributed by atoms with Gasteiger partial charge in [0.15, 0.2) is 11.5 Å². The zero-order valence-corrected chi connectivity index (χ0v) is 13.4. The third kappa shape index (κ3) is 4.63. The number of aliphatic hydroxyl groups excluding tert-OH is 1. The topological polar surface area (TPSA) is 67.8 Å². The molecule has 0 aliphatic heterocycles. The van der Waals surface area contributed by atoms with Gasteiger partial charge in [-0.25, -0.2) is 0 Å². The first kappa shape index (κ1) is 17.3. The number of hydrogen-bond donors (Lipinski definition) is 2. The zero-order chi connectivity index (χ0) is 16.0. The van der Waals surface area contributed by atoms with Gasteiger partial charge in [-0.1, -0.05) is 20.8 Å². The largest absolute Gasteiger partial charge is 0.493 e. The summed E-state index contributed by atoms with van der Waals surface area (Å²) < 4.78 is 10.4. The molecular weight excluding hydrogens is 270 g/mol. The number of benzene rings is 1. The molecule has 0 aromatic heterocycles. The van der Waals surface area contributed by atoms with E-state index in [1.54, 1.807) is 25.3 Å². The van der Waals surface area contributed by atoms with Crippen LogP contribution < -0.4 is 14.8 Å². The van der Waals surface area contributed by atoms with Gasteiger partial charge in [0, 0.05) is 18.2 Å². The molecule has 118 valence electrons. The molecule has 1 aromatic carbocycles. The molecule has 5 heteroatoms. The monoisotopic (exact) mass is 295 g/mol. The lowest BCUT2D eigenvalue weighted by molar-refractivity contribution is 0.0885. The molecule has 5 nitrogen and oxygen atoms in total. The molecule has 0 saturated heterocycles. The van der Waals surface area contributed by atoms with Gasteiger partial charge in [-0.05, 0) is 30.0 Å². The third-order valence-corrected chi connectivity index (χ3v) is 3.41. The second-order valence-electron chi connectivity index (χ2n) is 5.97. The maximum atomic E-state index is 12.4. The van der Waals surface area contributed by atoms with E-state index in [1.165, 1.54) is 7.11 Å². The van der Waals surface area contributed by atoms with Gasteiger partial charge in [0.25, 0.3) is 5.91 Å². The zero-order valence-electron chi connectivity index (χ0n) is 13.4. The van der Waals surface area contributed by atoms with Gasteiger partial charge in [-0.15, -0.1) is 0 Å². The summed E-state index contributed by atoms with van der Waals surface area (Å²) in [6.45, 7) is 6.13. The van der Waals surface area contributed by atoms with E-state index >= 15 is 0 Å². The smallest absolute Gasteiger partial charge is 0.251 e. The second kappa shape index (κ2) is 7.31. The summed E-state index contributed by atoms with van der Waals surface area (Å²) in [5, 5.41) is 12.1. The van der Waals surface area contributed by atoms with Gasteiger partial charge in [0.1, 0.15) is 0 Å². The van der Waals surface area contributed by atoms with Gasteiger partial charge >= 0.3 is 0 Å². The number of nitrogens with one attached hydrogen (secondary N) is 1. The Morgan fingerprint density at radius 3 is 2.33 bits per heavy atom. The van der Waals surface area contributed by atoms with Crippen molar-refractivity contribution >= 4 is 5.91 Å². The van der Waals surface area contributed by atoms with Crippen molar-refractivity contribution in [3.05, 3.63) is 23.8 Å². The number of carbonyl (C=O) groups is 1. The van der Waals surface area contributed by atoms with E-state index in [-0.39, 0.29) is 24.0 Å². The van der Waals surface area contributed by atoms with Crippen molar-refractivity contribution in [1.29, 1.82) is 0 Å². The highest BCUT2D eigenvalue weighted by molar-refractivity contribution is 5.95. The lowest BCUT2D eigenvalue weighted by Crippen LogP contribution is -2.44. The van der Waals surface area contributed by atoms with Crippen molar-refractivity contribution in [1.82, 2.24) is 5.32 Å². The van der Waals surface area contributed by atoms with Crippen LogP contribution in [0.5, 0.6) is 11.5 Å². The van der Waals surface area contributed by atoms with Crippen molar-refractivity contribution in [3.8, 4) is 11.5 Å². The molecule has 0 saturated carbocycles. The molecule has 0 fully saturated rings. The van der Waals surface area contributed by atoms with Crippen LogP contribution in [0, 0.1) is 5.41 Å². The van der Waals surface area contributed by atoms with E-state index in [1.807, 2.05) is 20.8 Å². The molecule has 1 aromatic rings. The van der Waals surface area contributed by atoms with Gasteiger partial charge in [0.05, 0.1) is 14.2 Å². The van der Waals surface area contributed by atoms with Crippen LogP contribution in [0.4, 0.5) is 0 Å². The number of ether oxygens (including phenoxy) is 2. The Bertz CT molecular complexity index is 480. The first-order valence-corrected chi connectivity index (χ1v) is 6.97. The molecule has 1 rings (SSSR count). The Balaban J connectivity index is 2.92. The average molecular weight is 295 g/mol. The maximum absolute atomic E-state index is 12.4. The first-order valence-electron chi connectivity index (χ1n) is 6.97. The van der Waals surface area contributed by atoms with E-state index in [0.29, 0.717) is 23.5 Å². The van der Waals surface area contributed by atoms with Crippen LogP contribution >= 0.6 is 0 Å². The molecular formula is C16H25NO4. The maximum Gasteiger partial charge on any atom is 0.251 e. The van der Waals surface area contributed by atoms with Crippen LogP contribution in [0.3, 0.4) is 0 Å². The summed E-state index contributed by atoms with van der Waals surface area (Å²) >= 11 is 0. The molecule has 0 radical (unpaired) electrons. The normalized spacial score (nSPS) is 12.7. The van der Waals surface area contributed by atoms with Gasteiger partial charge in [-0.3, -0.25) is 4.79 Å². The van der Waals surface area contributed by atoms with Gasteiger partial charge < -0.3 is 19.9 Å². The standard InChI is InChI=1S/C16H25NO4/c1-16(2,3)14(8-9-18)17-15(19)11-6-7-12(20-4)13(10-11)21-5/h6-7,10,14,18H,8-9H2,1-5H3,(H,17,19). The fraction of sp³-hybridized carbons (Fsp3) is 0.562. The Morgan fingerprint density at radius 1 is 1.24 bits per heavy atom. The Labute approximate surface area is 126 Å². The van der Waals surface area contributed by atoms with E-state index in [9.17, 15) is 4.79 Å². The van der Waals surface area contributed by atoms with Crippen LogP contribution in [-0.4, -0.2) is 37.9 Å². The number of methoxy groups -OCH3 is 2. The fourth-order valence-electron chi connectivity index (χ4n) is 2.07. The lowest BCUT2D eigenvalue weighted by Gasteiger charge is -2.31. The quantitative estimate of drug-likeness (QED) is 0.844. The minimum atomic E-state index is -0.190. The fourth-order valence-corrected chi connectivity index (χ4v) is 2.07. The molecule has 1 atom stereocenters. The highest BCUT2D eigenvalue weighted by Gasteiger charge is 2.26. The number of hydrogen-bond acceptors (Lipinski definition) is 4. The average Bonchev–Trinajstić information content (AvgIpc) is 2.44. The van der Waals surface area contributed by atoms with Crippen molar-refractivity contribution in [2.75, 3.05) is 20.8 Å². The molecule has 0 aliphatic rings. The highest BCUT2D eigenvalue weighted by Crippen LogP contribution is 2.28. The number of aliphatic hydroxyl groups is 1. The predicted molar refractivity (Wildman–Crippen MR) is 82.0 cm³/mol. The molecule has 2 N–H and O–H groups in total. The van der Waals surface area contributed by atoms with E-state index in [0.717, 1.165) is 0 Å². The van der Waals surface area contributed by atoms with Crippen LogP contribution in [-0.2, 0) is 0 Å². The molecule has 0 spiro atoms. The van der Waals surface area contributed by atoms with Gasteiger partial charge in [-0.2, -0.15) is 0 Å². The van der Waals surface area contributed by atoms with Crippen molar-refractivity contribution < 1.29 is 19.4 Å². The molecule has 1 unspecified atom stereocenters. The second-order valence-corrected chi connectivity index (χ2v) is 5.97. The van der Waals surface area contributed by atoms with Crippen LogP contribution in [0.15, 0.2) is 18.2 Å². The summed E-state index contributed by atoms with van der Waals surface area (Å²) in [7, 11) is 3.08. The Hall–Kier alpha value is -1.75. The van der Waals surface area contributed by atoms with E-state index in [2.05, 4.69) is 5.32 Å². The summed E-state index contributed by atoms with van der Waals surface area (Å²) in [6, 6.07) is 4.93. The van der Waals surface area contributed by atoms with Crippen molar-refractivity contribution in [3.63, 3.8) is 0 Å². The summed E-state index contributed by atoms with van der Waals surface area (Å²) in [5.41, 5.74) is 0.370. The summed E-state index contributed by atoms with van der Waals surface area (Å²) in [6.07, 6.45) is 0.516. The SMILES string of the molecule is COc1ccc(C(=O)NC(CCO)C(C)(C)C)cc1OC. The van der Waals surface area contributed by atoms with Crippen molar-refractivity contribution in [2.24, 2.45) is 5.41 Å². The van der Waals surface area contributed by atoms with E-state index in [4.69, 9.17) is 14.6 Å². The lowest BCUT2D eigenvalue weighted by atomic mass is 9.84. The molecule has 0 bridgehead atoms. The number of carbonyl (C=O) groups excluding carboxylic acids is 1. The molecule has 1 amide bonds. The van der Waals surface area contributed by atoms with Crippen LogP contribution in [0.2, 0.25) is 0 Å². The molecule has 0 heterocycles. The first-order chi connectivity index (χ1) is 9.83. The Kier molecular flexibility index (Phi) is 6.03. The number of amides is 1. The summed E-state index contributed by atoms with van der Waals surface area (Å²) in [5.74, 6) is 0.903. The molecule has 21 heavy (non-hydrogen) atoms. The van der Waals surface area contributed by atoms with Crippen molar-refractivity contribution in [2.45, 2.75) is 33.2 Å². The summed E-state index contributed by atoms with van der Waals surface area (Å²) in [4.78, 5) is 12.4. The Morgan fingerprint density at radius 2 is 1.86 bits per heavy atom. The minimum absolute atomic E-state index is 0.0359. The molecule has 0 aliphatic carbocycles. The minimum Gasteiger partial charge on any atom is -0.493 e.